The first kappa shape index (κ1) is 27.0. The van der Waals surface area contributed by atoms with Crippen LogP contribution < -0.4 is 0 Å². The lowest BCUT2D eigenvalue weighted by Gasteiger charge is -2.17. The fourth-order valence-electron chi connectivity index (χ4n) is 3.50. The van der Waals surface area contributed by atoms with Crippen LogP contribution in [0.25, 0.3) is 21.8 Å². The first-order valence-electron chi connectivity index (χ1n) is 11.1. The fourth-order valence-corrected chi connectivity index (χ4v) is 6.02. The van der Waals surface area contributed by atoms with Gasteiger partial charge < -0.3 is 0 Å². The molecule has 192 valence electrons. The van der Waals surface area contributed by atoms with Crippen LogP contribution in [0.15, 0.2) is 54.7 Å². The summed E-state index contributed by atoms with van der Waals surface area (Å²) in [6.07, 6.45) is 1.24. The molecule has 11 heteroatoms. The number of halogens is 3. The number of hydrogen-bond donors (Lipinski definition) is 0. The van der Waals surface area contributed by atoms with Gasteiger partial charge in [0.15, 0.2) is 15.6 Å². The second-order valence-corrected chi connectivity index (χ2v) is 13.4. The molecule has 0 spiro atoms. The van der Waals surface area contributed by atoms with Crippen LogP contribution in [0.5, 0.6) is 0 Å². The zero-order valence-corrected chi connectivity index (χ0v) is 22.5. The minimum absolute atomic E-state index is 0.0203. The lowest BCUT2D eigenvalue weighted by atomic mass is 9.99. The van der Waals surface area contributed by atoms with Crippen LogP contribution in [0.2, 0.25) is 5.28 Å². The Morgan fingerprint density at radius 3 is 2.35 bits per heavy atom. The molecule has 0 atom stereocenters. The number of hydrogen-bond acceptors (Lipinski definition) is 7. The summed E-state index contributed by atoms with van der Waals surface area (Å²) in [6, 6.07) is 11.7. The summed E-state index contributed by atoms with van der Waals surface area (Å²) in [6.45, 7) is 4.88. The number of rotatable bonds is 7. The van der Waals surface area contributed by atoms with Crippen molar-refractivity contribution in [2.24, 2.45) is 0 Å². The first-order chi connectivity index (χ1) is 17.4. The Bertz CT molecular complexity index is 1580. The highest BCUT2D eigenvalue weighted by atomic mass is 35.5. The molecule has 6 nitrogen and oxygen atoms in total. The molecule has 2 aromatic heterocycles. The van der Waals surface area contributed by atoms with E-state index in [0.717, 1.165) is 12.1 Å². The molecule has 2 heterocycles. The zero-order valence-electron chi connectivity index (χ0n) is 20.1. The molecule has 37 heavy (non-hydrogen) atoms. The highest BCUT2D eigenvalue weighted by Gasteiger charge is 2.31. The molecule has 0 aliphatic heterocycles. The molecule has 4 rings (SSSR count). The van der Waals surface area contributed by atoms with Gasteiger partial charge in [0.1, 0.15) is 22.4 Å². The van der Waals surface area contributed by atoms with E-state index in [2.05, 4.69) is 15.0 Å². The molecule has 0 radical (unpaired) electrons. The van der Waals surface area contributed by atoms with Gasteiger partial charge in [-0.15, -0.1) is 11.3 Å². The van der Waals surface area contributed by atoms with Crippen molar-refractivity contribution in [2.45, 2.75) is 37.7 Å². The van der Waals surface area contributed by atoms with E-state index in [1.54, 1.807) is 51.1 Å². The van der Waals surface area contributed by atoms with Crippen molar-refractivity contribution in [3.63, 3.8) is 0 Å². The van der Waals surface area contributed by atoms with Gasteiger partial charge in [0.2, 0.25) is 5.28 Å². The van der Waals surface area contributed by atoms with Gasteiger partial charge in [0.05, 0.1) is 26.6 Å². The molecular weight excluding hydrogens is 540 g/mol. The van der Waals surface area contributed by atoms with Gasteiger partial charge in [-0.05, 0) is 62.2 Å². The second kappa shape index (κ2) is 10.4. The molecule has 0 N–H and O–H groups in total. The molecule has 0 aliphatic rings. The van der Waals surface area contributed by atoms with Crippen molar-refractivity contribution >= 4 is 38.6 Å². The van der Waals surface area contributed by atoms with Crippen molar-refractivity contribution in [2.75, 3.05) is 0 Å². The van der Waals surface area contributed by atoms with Gasteiger partial charge in [-0.25, -0.2) is 32.2 Å². The molecule has 2 aromatic carbocycles. The lowest BCUT2D eigenvalue weighted by Crippen LogP contribution is -2.29. The monoisotopic (exact) mass is 561 g/mol. The highest BCUT2D eigenvalue weighted by Crippen LogP contribution is 2.38. The third kappa shape index (κ3) is 5.92. The van der Waals surface area contributed by atoms with Crippen LogP contribution in [0.1, 0.15) is 41.7 Å². The Hall–Kier alpha value is -3.08. The van der Waals surface area contributed by atoms with Crippen LogP contribution in [0.4, 0.5) is 8.78 Å². The maximum Gasteiger partial charge on any atom is 0.222 e. The predicted octanol–water partition coefficient (Wildman–Crippen LogP) is 6.34. The van der Waals surface area contributed by atoms with Crippen LogP contribution in [0, 0.1) is 11.6 Å². The molecule has 0 amide bonds. The van der Waals surface area contributed by atoms with E-state index in [9.17, 15) is 22.0 Å². The molecule has 4 aromatic rings. The summed E-state index contributed by atoms with van der Waals surface area (Å²) in [5, 5.41) is 0.386. The number of nitrogens with zero attached hydrogens (tertiary/aromatic N) is 3. The third-order valence-electron chi connectivity index (χ3n) is 5.58. The number of carbonyl (C=O) groups excluding carboxylic acids is 1. The van der Waals surface area contributed by atoms with Crippen LogP contribution in [-0.4, -0.2) is 33.9 Å². The standard InChI is InChI=1S/C26H22ClF2N3O3S2/c1-26(2,3)37(34,35)14-21-32-23(24(36-21)19-10-11-30-25(27)31-19)16-7-4-6-15(12-16)13-20(33)22-17(28)8-5-9-18(22)29/h4-12H,13-14H2,1-3H3. The van der Waals surface area contributed by atoms with E-state index < -0.39 is 37.6 Å². The average molecular weight is 562 g/mol. The minimum Gasteiger partial charge on any atom is -0.294 e. The van der Waals surface area contributed by atoms with Gasteiger partial charge in [-0.3, -0.25) is 4.79 Å². The Kier molecular flexibility index (Phi) is 7.55. The van der Waals surface area contributed by atoms with E-state index in [1.807, 2.05) is 0 Å². The van der Waals surface area contributed by atoms with Crippen LogP contribution in [-0.2, 0) is 22.0 Å². The largest absolute Gasteiger partial charge is 0.294 e. The number of thiazole rings is 1. The topological polar surface area (TPSA) is 89.9 Å². The lowest BCUT2D eigenvalue weighted by molar-refractivity contribution is 0.0985. The minimum atomic E-state index is -3.52. The average Bonchev–Trinajstić information content (AvgIpc) is 3.21. The van der Waals surface area contributed by atoms with E-state index in [-0.39, 0.29) is 17.5 Å². The van der Waals surface area contributed by atoms with Crippen LogP contribution in [0.3, 0.4) is 0 Å². The fraction of sp³-hybridized carbons (Fsp3) is 0.231. The number of benzene rings is 2. The Morgan fingerprint density at radius 1 is 1.03 bits per heavy atom. The van der Waals surface area contributed by atoms with Gasteiger partial charge in [-0.1, -0.05) is 24.3 Å². The highest BCUT2D eigenvalue weighted by molar-refractivity contribution is 7.92. The summed E-state index contributed by atoms with van der Waals surface area (Å²) in [5.74, 6) is -2.81. The van der Waals surface area contributed by atoms with E-state index in [4.69, 9.17) is 11.6 Å². The summed E-state index contributed by atoms with van der Waals surface area (Å²) in [4.78, 5) is 26.0. The number of carbonyl (C=O) groups is 1. The zero-order chi connectivity index (χ0) is 27.0. The molecule has 0 bridgehead atoms. The molecule has 0 saturated carbocycles. The molecule has 0 fully saturated rings. The molecular formula is C26H22ClF2N3O3S2. The van der Waals surface area contributed by atoms with Crippen molar-refractivity contribution in [1.29, 1.82) is 0 Å². The van der Waals surface area contributed by atoms with E-state index in [0.29, 0.717) is 32.4 Å². The number of sulfone groups is 1. The Labute approximate surface area is 222 Å². The summed E-state index contributed by atoms with van der Waals surface area (Å²) < 4.78 is 52.9. The van der Waals surface area contributed by atoms with Gasteiger partial charge in [-0.2, -0.15) is 0 Å². The Balaban J connectivity index is 1.76. The van der Waals surface area contributed by atoms with E-state index >= 15 is 0 Å². The Morgan fingerprint density at radius 2 is 1.70 bits per heavy atom. The predicted molar refractivity (Wildman–Crippen MR) is 140 cm³/mol. The molecule has 0 saturated heterocycles. The summed E-state index contributed by atoms with van der Waals surface area (Å²) in [7, 11) is -3.52. The first-order valence-corrected chi connectivity index (χ1v) is 14.0. The van der Waals surface area contributed by atoms with Crippen LogP contribution >= 0.6 is 22.9 Å². The second-order valence-electron chi connectivity index (χ2n) is 9.26. The summed E-state index contributed by atoms with van der Waals surface area (Å²) >= 11 is 7.17. The van der Waals surface area contributed by atoms with E-state index in [1.165, 1.54) is 23.6 Å². The maximum absolute atomic E-state index is 14.1. The SMILES string of the molecule is CC(C)(C)S(=O)(=O)Cc1nc(-c2cccc(CC(=O)c3c(F)cccc3F)c2)c(-c2ccnc(Cl)n2)s1. The smallest absolute Gasteiger partial charge is 0.222 e. The van der Waals surface area contributed by atoms with Gasteiger partial charge in [0, 0.05) is 18.2 Å². The van der Waals surface area contributed by atoms with Crippen molar-refractivity contribution in [1.82, 2.24) is 15.0 Å². The van der Waals surface area contributed by atoms with Crippen molar-refractivity contribution in [3.05, 3.63) is 87.8 Å². The van der Waals surface area contributed by atoms with Gasteiger partial charge in [0.25, 0.3) is 0 Å². The maximum atomic E-state index is 14.1. The molecule has 0 aliphatic carbocycles. The number of aromatic nitrogens is 3. The van der Waals surface area contributed by atoms with Gasteiger partial charge >= 0.3 is 0 Å². The van der Waals surface area contributed by atoms with Crippen molar-refractivity contribution < 1.29 is 22.0 Å². The quantitative estimate of drug-likeness (QED) is 0.193. The third-order valence-corrected chi connectivity index (χ3v) is 9.55. The number of ketones is 1. The normalized spacial score (nSPS) is 12.1. The summed E-state index contributed by atoms with van der Waals surface area (Å²) in [5.41, 5.74) is 1.41. The number of Topliss-reactive ketones (excluding diaryl/α,β-unsaturated/α-hetero) is 1. The van der Waals surface area contributed by atoms with Crippen molar-refractivity contribution in [3.8, 4) is 21.8 Å². The molecule has 0 unspecified atom stereocenters.